The van der Waals surface area contributed by atoms with Gasteiger partial charge in [0.2, 0.25) is 0 Å². The van der Waals surface area contributed by atoms with E-state index in [0.29, 0.717) is 12.5 Å². The summed E-state index contributed by atoms with van der Waals surface area (Å²) in [5.74, 6) is 1.35. The molecule has 0 radical (unpaired) electrons. The second kappa shape index (κ2) is 7.24. The van der Waals surface area contributed by atoms with Crippen LogP contribution in [0.1, 0.15) is 58.3 Å². The quantitative estimate of drug-likeness (QED) is 0.667. The summed E-state index contributed by atoms with van der Waals surface area (Å²) in [6, 6.07) is 0. The van der Waals surface area contributed by atoms with Crippen LogP contribution in [0.25, 0.3) is 0 Å². The minimum atomic E-state index is -0.0724. The Morgan fingerprint density at radius 2 is 1.93 bits per heavy atom. The zero-order valence-electron chi connectivity index (χ0n) is 9.99. The first kappa shape index (κ1) is 13.0. The molecule has 90 valence electrons. The zero-order valence-corrected chi connectivity index (χ0v) is 9.99. The first-order valence-electron chi connectivity index (χ1n) is 6.56. The highest BCUT2D eigenvalue weighted by atomic mass is 16.3. The molecule has 3 unspecified atom stereocenters. The minimum Gasteiger partial charge on any atom is -0.396 e. The van der Waals surface area contributed by atoms with Gasteiger partial charge in [-0.2, -0.15) is 0 Å². The van der Waals surface area contributed by atoms with Gasteiger partial charge in [0.1, 0.15) is 0 Å². The molecule has 0 aromatic rings. The SMILES string of the molecule is CCCC1CCC(O)C(CCCCO)C1. The maximum absolute atomic E-state index is 9.89. The van der Waals surface area contributed by atoms with E-state index in [0.717, 1.165) is 31.6 Å². The van der Waals surface area contributed by atoms with E-state index in [9.17, 15) is 5.11 Å². The van der Waals surface area contributed by atoms with Crippen molar-refractivity contribution in [3.05, 3.63) is 0 Å². The molecule has 0 aromatic carbocycles. The average molecular weight is 214 g/mol. The normalized spacial score (nSPS) is 31.8. The third-order valence-electron chi connectivity index (χ3n) is 3.73. The van der Waals surface area contributed by atoms with Crippen LogP contribution in [0.15, 0.2) is 0 Å². The van der Waals surface area contributed by atoms with Crippen LogP contribution in [-0.2, 0) is 0 Å². The van der Waals surface area contributed by atoms with Gasteiger partial charge in [-0.25, -0.2) is 0 Å². The Morgan fingerprint density at radius 3 is 2.60 bits per heavy atom. The lowest BCUT2D eigenvalue weighted by Crippen LogP contribution is -2.29. The third-order valence-corrected chi connectivity index (χ3v) is 3.73. The summed E-state index contributed by atoms with van der Waals surface area (Å²) >= 11 is 0. The number of hydrogen-bond donors (Lipinski definition) is 2. The van der Waals surface area contributed by atoms with Gasteiger partial charge >= 0.3 is 0 Å². The summed E-state index contributed by atoms with van der Waals surface area (Å²) in [5.41, 5.74) is 0. The van der Waals surface area contributed by atoms with Crippen LogP contribution in [0.5, 0.6) is 0 Å². The fourth-order valence-corrected chi connectivity index (χ4v) is 2.84. The lowest BCUT2D eigenvalue weighted by molar-refractivity contribution is 0.0400. The molecule has 0 amide bonds. The van der Waals surface area contributed by atoms with Crippen LogP contribution < -0.4 is 0 Å². The average Bonchev–Trinajstić information content (AvgIpc) is 2.23. The Kier molecular flexibility index (Phi) is 6.26. The van der Waals surface area contributed by atoms with Crippen LogP contribution >= 0.6 is 0 Å². The van der Waals surface area contributed by atoms with Crippen molar-refractivity contribution < 1.29 is 10.2 Å². The molecule has 15 heavy (non-hydrogen) atoms. The highest BCUT2D eigenvalue weighted by Crippen LogP contribution is 2.34. The molecule has 1 saturated carbocycles. The van der Waals surface area contributed by atoms with E-state index in [4.69, 9.17) is 5.11 Å². The molecule has 0 bridgehead atoms. The predicted octanol–water partition coefficient (Wildman–Crippen LogP) is 2.73. The summed E-state index contributed by atoms with van der Waals surface area (Å²) in [6.45, 7) is 2.53. The molecule has 1 rings (SSSR count). The number of aliphatic hydroxyl groups excluding tert-OH is 2. The van der Waals surface area contributed by atoms with Crippen LogP contribution in [0.2, 0.25) is 0 Å². The molecule has 2 nitrogen and oxygen atoms in total. The molecule has 0 heterocycles. The first-order valence-corrected chi connectivity index (χ1v) is 6.56. The van der Waals surface area contributed by atoms with Gasteiger partial charge in [-0.3, -0.25) is 0 Å². The maximum Gasteiger partial charge on any atom is 0.0568 e. The Balaban J connectivity index is 2.26. The number of rotatable bonds is 6. The van der Waals surface area contributed by atoms with Crippen LogP contribution in [0.4, 0.5) is 0 Å². The molecule has 1 aliphatic rings. The fourth-order valence-electron chi connectivity index (χ4n) is 2.84. The van der Waals surface area contributed by atoms with Crippen molar-refractivity contribution in [3.63, 3.8) is 0 Å². The molecule has 3 atom stereocenters. The molecule has 1 fully saturated rings. The van der Waals surface area contributed by atoms with Crippen molar-refractivity contribution in [2.24, 2.45) is 11.8 Å². The van der Waals surface area contributed by atoms with Gasteiger partial charge in [-0.05, 0) is 43.9 Å². The molecule has 2 heteroatoms. The van der Waals surface area contributed by atoms with Crippen molar-refractivity contribution in [2.75, 3.05) is 6.61 Å². The van der Waals surface area contributed by atoms with Crippen molar-refractivity contribution in [2.45, 2.75) is 64.4 Å². The molecule has 0 aromatic heterocycles. The molecular weight excluding hydrogens is 188 g/mol. The monoisotopic (exact) mass is 214 g/mol. The number of unbranched alkanes of at least 4 members (excludes halogenated alkanes) is 1. The summed E-state index contributed by atoms with van der Waals surface area (Å²) in [4.78, 5) is 0. The summed E-state index contributed by atoms with van der Waals surface area (Å²) in [6.07, 6.45) is 8.99. The van der Waals surface area contributed by atoms with E-state index < -0.39 is 0 Å². The van der Waals surface area contributed by atoms with Crippen molar-refractivity contribution >= 4 is 0 Å². The maximum atomic E-state index is 9.89. The van der Waals surface area contributed by atoms with Crippen LogP contribution in [0.3, 0.4) is 0 Å². The van der Waals surface area contributed by atoms with E-state index in [1.54, 1.807) is 0 Å². The van der Waals surface area contributed by atoms with Gasteiger partial charge in [0.15, 0.2) is 0 Å². The van der Waals surface area contributed by atoms with Gasteiger partial charge in [0, 0.05) is 6.61 Å². The van der Waals surface area contributed by atoms with E-state index in [2.05, 4.69) is 6.92 Å². The van der Waals surface area contributed by atoms with Gasteiger partial charge in [-0.1, -0.05) is 26.2 Å². The molecule has 0 saturated heterocycles. The molecular formula is C13H26O2. The Bertz CT molecular complexity index is 159. The van der Waals surface area contributed by atoms with E-state index in [1.807, 2.05) is 0 Å². The third kappa shape index (κ3) is 4.52. The van der Waals surface area contributed by atoms with E-state index in [-0.39, 0.29) is 6.10 Å². The lowest BCUT2D eigenvalue weighted by Gasteiger charge is -2.33. The molecule has 0 spiro atoms. The smallest absolute Gasteiger partial charge is 0.0568 e. The van der Waals surface area contributed by atoms with Gasteiger partial charge in [0.25, 0.3) is 0 Å². The van der Waals surface area contributed by atoms with Crippen molar-refractivity contribution in [1.29, 1.82) is 0 Å². The number of aliphatic hydroxyl groups is 2. The second-order valence-corrected chi connectivity index (χ2v) is 5.01. The zero-order chi connectivity index (χ0) is 11.1. The second-order valence-electron chi connectivity index (χ2n) is 5.01. The minimum absolute atomic E-state index is 0.0724. The van der Waals surface area contributed by atoms with Crippen LogP contribution in [-0.4, -0.2) is 22.9 Å². The summed E-state index contributed by atoms with van der Waals surface area (Å²) in [5, 5.41) is 18.6. The highest BCUT2D eigenvalue weighted by Gasteiger charge is 2.27. The summed E-state index contributed by atoms with van der Waals surface area (Å²) in [7, 11) is 0. The lowest BCUT2D eigenvalue weighted by atomic mass is 9.76. The molecule has 0 aliphatic heterocycles. The molecule has 1 aliphatic carbocycles. The Labute approximate surface area is 93.7 Å². The summed E-state index contributed by atoms with van der Waals surface area (Å²) < 4.78 is 0. The predicted molar refractivity (Wildman–Crippen MR) is 62.7 cm³/mol. The standard InChI is InChI=1S/C13H26O2/c1-2-5-11-7-8-13(15)12(10-11)6-3-4-9-14/h11-15H,2-10H2,1H3. The first-order chi connectivity index (χ1) is 7.27. The Morgan fingerprint density at radius 1 is 1.13 bits per heavy atom. The van der Waals surface area contributed by atoms with Gasteiger partial charge in [-0.15, -0.1) is 0 Å². The topological polar surface area (TPSA) is 40.5 Å². The van der Waals surface area contributed by atoms with Crippen LogP contribution in [0, 0.1) is 11.8 Å². The highest BCUT2D eigenvalue weighted by molar-refractivity contribution is 4.79. The number of hydrogen-bond acceptors (Lipinski definition) is 2. The van der Waals surface area contributed by atoms with E-state index >= 15 is 0 Å². The molecule has 2 N–H and O–H groups in total. The van der Waals surface area contributed by atoms with Gasteiger partial charge < -0.3 is 10.2 Å². The van der Waals surface area contributed by atoms with E-state index in [1.165, 1.54) is 25.7 Å². The largest absolute Gasteiger partial charge is 0.396 e. The fraction of sp³-hybridized carbons (Fsp3) is 1.00. The van der Waals surface area contributed by atoms with Gasteiger partial charge in [0.05, 0.1) is 6.10 Å². The Hall–Kier alpha value is -0.0800. The van der Waals surface area contributed by atoms with Crippen molar-refractivity contribution in [3.8, 4) is 0 Å². The van der Waals surface area contributed by atoms with Crippen molar-refractivity contribution in [1.82, 2.24) is 0 Å².